The molecule has 1 unspecified atom stereocenters. The SMILES string of the molecule is CCC(C)CCNCCCCCN. The van der Waals surface area contributed by atoms with Gasteiger partial charge in [0.25, 0.3) is 0 Å². The fraction of sp³-hybridized carbons (Fsp3) is 1.00. The van der Waals surface area contributed by atoms with Crippen LogP contribution in [0.1, 0.15) is 46.0 Å². The Balaban J connectivity index is 2.91. The predicted molar refractivity (Wildman–Crippen MR) is 59.8 cm³/mol. The maximum atomic E-state index is 5.41. The molecule has 0 aliphatic carbocycles. The van der Waals surface area contributed by atoms with Gasteiger partial charge >= 0.3 is 0 Å². The smallest absolute Gasteiger partial charge is 0.00464 e. The zero-order chi connectivity index (χ0) is 9.94. The van der Waals surface area contributed by atoms with Gasteiger partial charge in [-0.25, -0.2) is 0 Å². The monoisotopic (exact) mass is 186 g/mol. The highest BCUT2D eigenvalue weighted by Gasteiger charge is 1.96. The summed E-state index contributed by atoms with van der Waals surface area (Å²) in [6.45, 7) is 7.75. The molecule has 80 valence electrons. The molecule has 0 aromatic rings. The lowest BCUT2D eigenvalue weighted by atomic mass is 10.1. The molecule has 0 spiro atoms. The van der Waals surface area contributed by atoms with Gasteiger partial charge in [0.2, 0.25) is 0 Å². The summed E-state index contributed by atoms with van der Waals surface area (Å²) >= 11 is 0. The minimum Gasteiger partial charge on any atom is -0.330 e. The van der Waals surface area contributed by atoms with E-state index in [0.29, 0.717) is 0 Å². The molecule has 1 atom stereocenters. The Morgan fingerprint density at radius 3 is 2.54 bits per heavy atom. The quantitative estimate of drug-likeness (QED) is 0.541. The summed E-state index contributed by atoms with van der Waals surface area (Å²) in [6.07, 6.45) is 6.33. The van der Waals surface area contributed by atoms with Gasteiger partial charge in [-0.2, -0.15) is 0 Å². The number of rotatable bonds is 9. The molecular weight excluding hydrogens is 160 g/mol. The number of hydrogen-bond acceptors (Lipinski definition) is 2. The maximum absolute atomic E-state index is 5.41. The molecule has 13 heavy (non-hydrogen) atoms. The van der Waals surface area contributed by atoms with Crippen LogP contribution in [0.2, 0.25) is 0 Å². The van der Waals surface area contributed by atoms with E-state index in [1.54, 1.807) is 0 Å². The molecule has 0 bridgehead atoms. The summed E-state index contributed by atoms with van der Waals surface area (Å²) in [5.41, 5.74) is 5.41. The van der Waals surface area contributed by atoms with Gasteiger partial charge in [-0.1, -0.05) is 26.7 Å². The van der Waals surface area contributed by atoms with Gasteiger partial charge in [0.1, 0.15) is 0 Å². The van der Waals surface area contributed by atoms with Crippen molar-refractivity contribution < 1.29 is 0 Å². The summed E-state index contributed by atoms with van der Waals surface area (Å²) in [6, 6.07) is 0. The molecule has 0 saturated heterocycles. The second kappa shape index (κ2) is 10.0. The van der Waals surface area contributed by atoms with Crippen LogP contribution >= 0.6 is 0 Å². The average molecular weight is 186 g/mol. The Morgan fingerprint density at radius 2 is 1.92 bits per heavy atom. The molecule has 0 heterocycles. The number of nitrogens with one attached hydrogen (secondary N) is 1. The van der Waals surface area contributed by atoms with E-state index in [9.17, 15) is 0 Å². The predicted octanol–water partition coefficient (Wildman–Crippen LogP) is 2.14. The standard InChI is InChI=1S/C11H26N2/c1-3-11(2)7-10-13-9-6-4-5-8-12/h11,13H,3-10,12H2,1-2H3. The highest BCUT2D eigenvalue weighted by molar-refractivity contribution is 4.54. The van der Waals surface area contributed by atoms with Crippen LogP contribution in [-0.4, -0.2) is 19.6 Å². The van der Waals surface area contributed by atoms with Crippen LogP contribution in [0.5, 0.6) is 0 Å². The molecule has 0 aliphatic rings. The summed E-state index contributed by atoms with van der Waals surface area (Å²) in [5.74, 6) is 0.872. The minimum absolute atomic E-state index is 0.840. The van der Waals surface area contributed by atoms with Crippen LogP contribution < -0.4 is 11.1 Å². The third kappa shape index (κ3) is 9.84. The van der Waals surface area contributed by atoms with Crippen LogP contribution in [0.3, 0.4) is 0 Å². The molecule has 0 aromatic heterocycles. The molecule has 2 heteroatoms. The van der Waals surface area contributed by atoms with Gasteiger partial charge in [-0.15, -0.1) is 0 Å². The Hall–Kier alpha value is -0.0800. The fourth-order valence-corrected chi connectivity index (χ4v) is 1.25. The van der Waals surface area contributed by atoms with E-state index in [4.69, 9.17) is 5.73 Å². The first-order valence-electron chi connectivity index (χ1n) is 5.72. The molecule has 0 radical (unpaired) electrons. The van der Waals surface area contributed by atoms with Crippen molar-refractivity contribution in [1.82, 2.24) is 5.32 Å². The van der Waals surface area contributed by atoms with E-state index >= 15 is 0 Å². The van der Waals surface area contributed by atoms with Crippen molar-refractivity contribution in [3.05, 3.63) is 0 Å². The van der Waals surface area contributed by atoms with Gasteiger partial charge in [0, 0.05) is 0 Å². The first-order chi connectivity index (χ1) is 6.31. The topological polar surface area (TPSA) is 38.0 Å². The van der Waals surface area contributed by atoms with Gasteiger partial charge in [-0.05, 0) is 44.8 Å². The Kier molecular flexibility index (Phi) is 9.94. The lowest BCUT2D eigenvalue weighted by molar-refractivity contribution is 0.482. The number of hydrogen-bond donors (Lipinski definition) is 2. The summed E-state index contributed by atoms with van der Waals surface area (Å²) in [4.78, 5) is 0. The molecule has 3 N–H and O–H groups in total. The molecule has 0 saturated carbocycles. The van der Waals surface area contributed by atoms with Gasteiger partial charge in [0.15, 0.2) is 0 Å². The van der Waals surface area contributed by atoms with Crippen LogP contribution in [0.25, 0.3) is 0 Å². The second-order valence-corrected chi connectivity index (χ2v) is 3.90. The molecule has 0 amide bonds. The lowest BCUT2D eigenvalue weighted by Gasteiger charge is -2.08. The van der Waals surface area contributed by atoms with E-state index < -0.39 is 0 Å². The molecule has 0 aromatic carbocycles. The van der Waals surface area contributed by atoms with E-state index in [-0.39, 0.29) is 0 Å². The van der Waals surface area contributed by atoms with Crippen molar-refractivity contribution >= 4 is 0 Å². The molecule has 0 rings (SSSR count). The Labute approximate surface area is 83.3 Å². The zero-order valence-electron chi connectivity index (χ0n) is 9.31. The van der Waals surface area contributed by atoms with E-state index in [1.165, 1.54) is 38.6 Å². The van der Waals surface area contributed by atoms with Crippen LogP contribution in [0.4, 0.5) is 0 Å². The van der Waals surface area contributed by atoms with Crippen molar-refractivity contribution in [3.8, 4) is 0 Å². The van der Waals surface area contributed by atoms with Crippen molar-refractivity contribution in [2.24, 2.45) is 11.7 Å². The largest absolute Gasteiger partial charge is 0.330 e. The molecule has 2 nitrogen and oxygen atoms in total. The Morgan fingerprint density at radius 1 is 1.15 bits per heavy atom. The maximum Gasteiger partial charge on any atom is -0.00464 e. The van der Waals surface area contributed by atoms with E-state index in [0.717, 1.165) is 19.0 Å². The normalized spacial score (nSPS) is 13.2. The summed E-state index contributed by atoms with van der Waals surface area (Å²) < 4.78 is 0. The summed E-state index contributed by atoms with van der Waals surface area (Å²) in [5, 5.41) is 3.47. The highest BCUT2D eigenvalue weighted by Crippen LogP contribution is 2.04. The van der Waals surface area contributed by atoms with Gasteiger partial charge < -0.3 is 11.1 Å². The van der Waals surface area contributed by atoms with Crippen LogP contribution in [0.15, 0.2) is 0 Å². The zero-order valence-corrected chi connectivity index (χ0v) is 9.31. The highest BCUT2D eigenvalue weighted by atomic mass is 14.8. The van der Waals surface area contributed by atoms with Crippen molar-refractivity contribution in [3.63, 3.8) is 0 Å². The Bertz CT molecular complexity index is 94.1. The average Bonchev–Trinajstić information content (AvgIpc) is 2.16. The first-order valence-corrected chi connectivity index (χ1v) is 5.72. The minimum atomic E-state index is 0.840. The molecule has 0 fully saturated rings. The van der Waals surface area contributed by atoms with Gasteiger partial charge in [0.05, 0.1) is 0 Å². The number of nitrogens with two attached hydrogens (primary N) is 1. The van der Waals surface area contributed by atoms with Crippen molar-refractivity contribution in [2.75, 3.05) is 19.6 Å². The fourth-order valence-electron chi connectivity index (χ4n) is 1.25. The lowest BCUT2D eigenvalue weighted by Crippen LogP contribution is -2.18. The first kappa shape index (κ1) is 12.9. The second-order valence-electron chi connectivity index (χ2n) is 3.90. The van der Waals surface area contributed by atoms with Gasteiger partial charge in [-0.3, -0.25) is 0 Å². The molecule has 0 aliphatic heterocycles. The van der Waals surface area contributed by atoms with Crippen LogP contribution in [0, 0.1) is 5.92 Å². The van der Waals surface area contributed by atoms with Crippen LogP contribution in [-0.2, 0) is 0 Å². The van der Waals surface area contributed by atoms with Crippen molar-refractivity contribution in [1.29, 1.82) is 0 Å². The van der Waals surface area contributed by atoms with E-state index in [1.807, 2.05) is 0 Å². The molecular formula is C11H26N2. The number of unbranched alkanes of at least 4 members (excludes halogenated alkanes) is 2. The summed E-state index contributed by atoms with van der Waals surface area (Å²) in [7, 11) is 0. The third-order valence-electron chi connectivity index (χ3n) is 2.57. The van der Waals surface area contributed by atoms with Crippen molar-refractivity contribution in [2.45, 2.75) is 46.0 Å². The third-order valence-corrected chi connectivity index (χ3v) is 2.57. The van der Waals surface area contributed by atoms with E-state index in [2.05, 4.69) is 19.2 Å².